The van der Waals surface area contributed by atoms with Crippen molar-refractivity contribution in [2.24, 2.45) is 5.73 Å². The van der Waals surface area contributed by atoms with Gasteiger partial charge < -0.3 is 15.8 Å². The van der Waals surface area contributed by atoms with Gasteiger partial charge in [0, 0.05) is 19.1 Å². The number of carbonyl (C=O) groups is 1. The molecule has 0 aliphatic rings. The molecule has 0 bridgehead atoms. The molecule has 0 saturated carbocycles. The molecule has 7 heteroatoms. The molecule has 0 fully saturated rings. The van der Waals surface area contributed by atoms with Gasteiger partial charge in [-0.1, -0.05) is 0 Å². The van der Waals surface area contributed by atoms with Gasteiger partial charge in [0.15, 0.2) is 0 Å². The van der Waals surface area contributed by atoms with Crippen molar-refractivity contribution in [3.8, 4) is 0 Å². The van der Waals surface area contributed by atoms with Crippen molar-refractivity contribution in [3.63, 3.8) is 0 Å². The Hall–Kier alpha value is -1.63. The number of nitrogens with one attached hydrogen (secondary N) is 1. The molecule has 0 saturated heterocycles. The predicted molar refractivity (Wildman–Crippen MR) is 66.9 cm³/mol. The van der Waals surface area contributed by atoms with Gasteiger partial charge in [-0.25, -0.2) is 9.78 Å². The van der Waals surface area contributed by atoms with E-state index < -0.39 is 11.7 Å². The van der Waals surface area contributed by atoms with Crippen LogP contribution in [-0.2, 0) is 11.3 Å². The van der Waals surface area contributed by atoms with Crippen LogP contribution >= 0.6 is 0 Å². The van der Waals surface area contributed by atoms with Crippen LogP contribution in [0, 0.1) is 0 Å². The number of hydrogen-bond acceptors (Lipinski definition) is 5. The van der Waals surface area contributed by atoms with Crippen LogP contribution in [0.3, 0.4) is 0 Å². The highest BCUT2D eigenvalue weighted by Crippen LogP contribution is 2.06. The second kappa shape index (κ2) is 6.34. The van der Waals surface area contributed by atoms with Gasteiger partial charge >= 0.3 is 6.09 Å². The number of carbonyl (C=O) groups excluding carboxylic acids is 1. The molecule has 1 atom stereocenters. The number of nitrogens with two attached hydrogens (primary N) is 1. The Morgan fingerprint density at radius 2 is 2.28 bits per heavy atom. The van der Waals surface area contributed by atoms with E-state index in [1.807, 2.05) is 20.8 Å². The molecule has 1 aromatic heterocycles. The Labute approximate surface area is 107 Å². The first-order valence-corrected chi connectivity index (χ1v) is 5.91. The summed E-state index contributed by atoms with van der Waals surface area (Å²) in [6.07, 6.45) is 3.37. The average Bonchev–Trinajstić information content (AvgIpc) is 2.74. The monoisotopic (exact) mass is 255 g/mol. The van der Waals surface area contributed by atoms with Gasteiger partial charge in [-0.2, -0.15) is 5.10 Å². The quantitative estimate of drug-likeness (QED) is 0.799. The van der Waals surface area contributed by atoms with Gasteiger partial charge in [-0.15, -0.1) is 0 Å². The van der Waals surface area contributed by atoms with E-state index in [2.05, 4.69) is 15.4 Å². The molecule has 7 nitrogen and oxygen atoms in total. The molecule has 1 unspecified atom stereocenters. The molecule has 0 spiro atoms. The van der Waals surface area contributed by atoms with Crippen LogP contribution in [0.1, 0.15) is 27.2 Å². The number of rotatable bonds is 5. The minimum Gasteiger partial charge on any atom is -0.444 e. The average molecular weight is 255 g/mol. The maximum atomic E-state index is 11.4. The number of hydrogen-bond donors (Lipinski definition) is 2. The Kier molecular flexibility index (Phi) is 5.08. The summed E-state index contributed by atoms with van der Waals surface area (Å²) in [7, 11) is 0. The van der Waals surface area contributed by atoms with E-state index in [1.54, 1.807) is 11.0 Å². The second-order valence-electron chi connectivity index (χ2n) is 5.09. The zero-order valence-corrected chi connectivity index (χ0v) is 11.1. The third kappa shape index (κ3) is 6.19. The molecule has 1 heterocycles. The maximum Gasteiger partial charge on any atom is 0.407 e. The van der Waals surface area contributed by atoms with Gasteiger partial charge in [-0.05, 0) is 27.2 Å². The van der Waals surface area contributed by atoms with Crippen molar-refractivity contribution in [2.45, 2.75) is 45.4 Å². The highest BCUT2D eigenvalue weighted by atomic mass is 16.6. The predicted octanol–water partition coefficient (Wildman–Crippen LogP) is 0.520. The van der Waals surface area contributed by atoms with Crippen LogP contribution in [0.15, 0.2) is 12.7 Å². The molecule has 1 rings (SSSR count). The van der Waals surface area contributed by atoms with E-state index in [1.165, 1.54) is 6.33 Å². The SMILES string of the molecule is CC(C)(C)OC(=O)NCC(N)CCn1cncn1. The smallest absolute Gasteiger partial charge is 0.407 e. The molecule has 0 aromatic carbocycles. The lowest BCUT2D eigenvalue weighted by atomic mass is 10.2. The minimum atomic E-state index is -0.491. The normalized spacial score (nSPS) is 13.1. The molecule has 102 valence electrons. The number of ether oxygens (including phenoxy) is 1. The van der Waals surface area contributed by atoms with Crippen molar-refractivity contribution in [3.05, 3.63) is 12.7 Å². The summed E-state index contributed by atoms with van der Waals surface area (Å²) in [5.74, 6) is 0. The van der Waals surface area contributed by atoms with Crippen molar-refractivity contribution in [1.82, 2.24) is 20.1 Å². The number of nitrogens with zero attached hydrogens (tertiary/aromatic N) is 3. The van der Waals surface area contributed by atoms with E-state index in [9.17, 15) is 4.79 Å². The molecule has 0 aliphatic heterocycles. The Morgan fingerprint density at radius 1 is 1.56 bits per heavy atom. The van der Waals surface area contributed by atoms with Crippen LogP contribution < -0.4 is 11.1 Å². The van der Waals surface area contributed by atoms with Gasteiger partial charge in [0.05, 0.1) is 0 Å². The van der Waals surface area contributed by atoms with Gasteiger partial charge in [0.1, 0.15) is 18.3 Å². The zero-order chi connectivity index (χ0) is 13.6. The summed E-state index contributed by atoms with van der Waals surface area (Å²) in [5, 5.41) is 6.61. The molecule has 0 aliphatic carbocycles. The molecule has 1 amide bonds. The van der Waals surface area contributed by atoms with E-state index in [4.69, 9.17) is 10.5 Å². The number of amides is 1. The molecule has 1 aromatic rings. The lowest BCUT2D eigenvalue weighted by molar-refractivity contribution is 0.0524. The van der Waals surface area contributed by atoms with Crippen LogP contribution in [0.4, 0.5) is 4.79 Å². The standard InChI is InChI=1S/C11H21N5O2/c1-11(2,3)18-10(17)14-6-9(12)4-5-16-8-13-7-15-16/h7-9H,4-6,12H2,1-3H3,(H,14,17). The van der Waals surface area contributed by atoms with Crippen molar-refractivity contribution >= 4 is 6.09 Å². The molecular weight excluding hydrogens is 234 g/mol. The molecule has 3 N–H and O–H groups in total. The summed E-state index contributed by atoms with van der Waals surface area (Å²) < 4.78 is 6.81. The van der Waals surface area contributed by atoms with Crippen molar-refractivity contribution in [1.29, 1.82) is 0 Å². The van der Waals surface area contributed by atoms with E-state index in [0.29, 0.717) is 19.5 Å². The second-order valence-corrected chi connectivity index (χ2v) is 5.09. The Morgan fingerprint density at radius 3 is 2.83 bits per heavy atom. The number of aryl methyl sites for hydroxylation is 1. The molecular formula is C11H21N5O2. The summed E-state index contributed by atoms with van der Waals surface area (Å²) >= 11 is 0. The maximum absolute atomic E-state index is 11.4. The highest BCUT2D eigenvalue weighted by molar-refractivity contribution is 5.67. The third-order valence-electron chi connectivity index (χ3n) is 2.10. The number of aromatic nitrogens is 3. The first-order valence-electron chi connectivity index (χ1n) is 5.91. The summed E-state index contributed by atoms with van der Waals surface area (Å²) in [6, 6.07) is -0.137. The molecule has 18 heavy (non-hydrogen) atoms. The topological polar surface area (TPSA) is 95.1 Å². The van der Waals surface area contributed by atoms with Crippen LogP contribution in [0.5, 0.6) is 0 Å². The highest BCUT2D eigenvalue weighted by Gasteiger charge is 2.16. The van der Waals surface area contributed by atoms with Crippen molar-refractivity contribution < 1.29 is 9.53 Å². The lowest BCUT2D eigenvalue weighted by Gasteiger charge is -2.20. The van der Waals surface area contributed by atoms with Crippen LogP contribution in [0.2, 0.25) is 0 Å². The third-order valence-corrected chi connectivity index (χ3v) is 2.10. The Bertz CT molecular complexity index is 358. The van der Waals surface area contributed by atoms with Gasteiger partial charge in [0.25, 0.3) is 0 Å². The van der Waals surface area contributed by atoms with E-state index >= 15 is 0 Å². The van der Waals surface area contributed by atoms with Gasteiger partial charge in [0.2, 0.25) is 0 Å². The van der Waals surface area contributed by atoms with E-state index in [-0.39, 0.29) is 6.04 Å². The van der Waals surface area contributed by atoms with Crippen LogP contribution in [-0.4, -0.2) is 39.0 Å². The number of alkyl carbamates (subject to hydrolysis) is 1. The fraction of sp³-hybridized carbons (Fsp3) is 0.727. The minimum absolute atomic E-state index is 0.137. The summed E-state index contributed by atoms with van der Waals surface area (Å²) in [5.41, 5.74) is 5.38. The van der Waals surface area contributed by atoms with Crippen LogP contribution in [0.25, 0.3) is 0 Å². The Balaban J connectivity index is 2.17. The largest absolute Gasteiger partial charge is 0.444 e. The van der Waals surface area contributed by atoms with Crippen molar-refractivity contribution in [2.75, 3.05) is 6.54 Å². The molecule has 0 radical (unpaired) electrons. The first-order chi connectivity index (χ1) is 8.37. The first kappa shape index (κ1) is 14.4. The van der Waals surface area contributed by atoms with Gasteiger partial charge in [-0.3, -0.25) is 4.68 Å². The van der Waals surface area contributed by atoms with E-state index in [0.717, 1.165) is 0 Å². The lowest BCUT2D eigenvalue weighted by Crippen LogP contribution is -2.40. The summed E-state index contributed by atoms with van der Waals surface area (Å²) in [4.78, 5) is 15.2. The summed E-state index contributed by atoms with van der Waals surface area (Å²) in [6.45, 7) is 6.51. The fourth-order valence-corrected chi connectivity index (χ4v) is 1.28. The zero-order valence-electron chi connectivity index (χ0n) is 11.1. The fourth-order valence-electron chi connectivity index (χ4n) is 1.28.